The molecule has 0 spiro atoms. The van der Waals surface area contributed by atoms with Gasteiger partial charge in [-0.15, -0.1) is 0 Å². The summed E-state index contributed by atoms with van der Waals surface area (Å²) in [7, 11) is -0.626. The van der Waals surface area contributed by atoms with Crippen molar-refractivity contribution >= 4 is 9.04 Å². The molecule has 0 amide bonds. The molecule has 1 aliphatic rings. The van der Waals surface area contributed by atoms with E-state index in [4.69, 9.17) is 14.9 Å². The highest BCUT2D eigenvalue weighted by atomic mass is 28.3. The number of nitrogens with zero attached hydrogens (tertiary/aromatic N) is 2. The summed E-state index contributed by atoms with van der Waals surface area (Å²) in [5.41, 5.74) is 0. The third kappa shape index (κ3) is 7.52. The Morgan fingerprint density at radius 3 is 2.38 bits per heavy atom. The number of hydrogen-bond donors (Lipinski definition) is 0. The van der Waals surface area contributed by atoms with Crippen LogP contribution in [0.4, 0.5) is 0 Å². The standard InChI is InChI=1S/C7H16OSi.C2N2/c1-2-6-9-7-4-3-5-8-9;3-1-2-4/h9H,2-7H2,1H3;. The van der Waals surface area contributed by atoms with E-state index in [0.29, 0.717) is 0 Å². The van der Waals surface area contributed by atoms with Crippen LogP contribution < -0.4 is 0 Å². The van der Waals surface area contributed by atoms with Gasteiger partial charge in [-0.3, -0.25) is 0 Å². The summed E-state index contributed by atoms with van der Waals surface area (Å²) in [6, 6.07) is 5.31. The lowest BCUT2D eigenvalue weighted by Crippen LogP contribution is -2.22. The van der Waals surface area contributed by atoms with Crippen molar-refractivity contribution in [2.75, 3.05) is 6.61 Å². The van der Waals surface area contributed by atoms with E-state index in [9.17, 15) is 0 Å². The highest BCUT2D eigenvalue weighted by molar-refractivity contribution is 6.51. The van der Waals surface area contributed by atoms with Gasteiger partial charge in [0.25, 0.3) is 0 Å². The zero-order valence-electron chi connectivity index (χ0n) is 8.12. The monoisotopic (exact) mass is 196 g/mol. The van der Waals surface area contributed by atoms with Crippen molar-refractivity contribution in [3.05, 3.63) is 0 Å². The molecule has 1 unspecified atom stereocenters. The Labute approximate surface area is 81.7 Å². The first-order valence-corrected chi connectivity index (χ1v) is 6.85. The second kappa shape index (κ2) is 9.25. The molecule has 3 nitrogen and oxygen atoms in total. The van der Waals surface area contributed by atoms with Gasteiger partial charge in [-0.05, 0) is 18.5 Å². The van der Waals surface area contributed by atoms with E-state index in [1.165, 1.54) is 43.5 Å². The molecule has 0 aromatic heterocycles. The van der Waals surface area contributed by atoms with Crippen LogP contribution >= 0.6 is 0 Å². The Kier molecular flexibility index (Phi) is 8.65. The molecule has 1 atom stereocenters. The third-order valence-corrected chi connectivity index (χ3v) is 4.92. The lowest BCUT2D eigenvalue weighted by Gasteiger charge is -2.19. The second-order valence-electron chi connectivity index (χ2n) is 3.00. The van der Waals surface area contributed by atoms with Crippen LogP contribution in [-0.4, -0.2) is 15.6 Å². The van der Waals surface area contributed by atoms with Gasteiger partial charge in [-0.2, -0.15) is 10.5 Å². The summed E-state index contributed by atoms with van der Waals surface area (Å²) in [5.74, 6) is 0. The van der Waals surface area contributed by atoms with Crippen LogP contribution in [0.25, 0.3) is 0 Å². The van der Waals surface area contributed by atoms with Crippen molar-refractivity contribution in [3.63, 3.8) is 0 Å². The van der Waals surface area contributed by atoms with E-state index in [0.717, 1.165) is 6.61 Å². The smallest absolute Gasteiger partial charge is 0.181 e. The molecule has 0 saturated carbocycles. The van der Waals surface area contributed by atoms with Crippen molar-refractivity contribution in [1.82, 2.24) is 0 Å². The van der Waals surface area contributed by atoms with Crippen LogP contribution in [-0.2, 0) is 4.43 Å². The molecule has 4 heteroatoms. The van der Waals surface area contributed by atoms with E-state index in [1.54, 1.807) is 0 Å². The van der Waals surface area contributed by atoms with Gasteiger partial charge in [-0.25, -0.2) is 0 Å². The first kappa shape index (κ1) is 12.2. The van der Waals surface area contributed by atoms with E-state index in [-0.39, 0.29) is 0 Å². The quantitative estimate of drug-likeness (QED) is 0.634. The van der Waals surface area contributed by atoms with Gasteiger partial charge in [0, 0.05) is 6.61 Å². The van der Waals surface area contributed by atoms with Crippen molar-refractivity contribution in [3.8, 4) is 12.1 Å². The summed E-state index contributed by atoms with van der Waals surface area (Å²) >= 11 is 0. The number of rotatable bonds is 2. The molecule has 0 bridgehead atoms. The van der Waals surface area contributed by atoms with E-state index >= 15 is 0 Å². The maximum Gasteiger partial charge on any atom is 0.181 e. The van der Waals surface area contributed by atoms with Crippen molar-refractivity contribution in [2.24, 2.45) is 0 Å². The fraction of sp³-hybridized carbons (Fsp3) is 0.778. The molecule has 0 aromatic carbocycles. The Balaban J connectivity index is 0.000000310. The van der Waals surface area contributed by atoms with Gasteiger partial charge in [0.05, 0.1) is 0 Å². The van der Waals surface area contributed by atoms with Crippen LogP contribution in [0.15, 0.2) is 0 Å². The summed E-state index contributed by atoms with van der Waals surface area (Å²) in [4.78, 5) is 0. The van der Waals surface area contributed by atoms with Gasteiger partial charge in [0.1, 0.15) is 0 Å². The largest absolute Gasteiger partial charge is 0.420 e. The Hall–Kier alpha value is -0.843. The molecule has 1 aliphatic heterocycles. The number of hydrogen-bond acceptors (Lipinski definition) is 3. The van der Waals surface area contributed by atoms with Gasteiger partial charge in [0.2, 0.25) is 0 Å². The average molecular weight is 196 g/mol. The van der Waals surface area contributed by atoms with E-state index in [2.05, 4.69) is 6.92 Å². The molecule has 0 N–H and O–H groups in total. The predicted octanol–water partition coefficient (Wildman–Crippen LogP) is 1.96. The molecule has 0 aliphatic carbocycles. The van der Waals surface area contributed by atoms with Crippen LogP contribution in [0, 0.1) is 22.7 Å². The maximum absolute atomic E-state index is 7.26. The minimum Gasteiger partial charge on any atom is -0.420 e. The number of nitriles is 2. The molecule has 72 valence electrons. The van der Waals surface area contributed by atoms with E-state index < -0.39 is 9.04 Å². The Morgan fingerprint density at radius 1 is 1.31 bits per heavy atom. The second-order valence-corrected chi connectivity index (χ2v) is 5.73. The van der Waals surface area contributed by atoms with Crippen molar-refractivity contribution in [2.45, 2.75) is 38.3 Å². The molecule has 0 radical (unpaired) electrons. The highest BCUT2D eigenvalue weighted by Crippen LogP contribution is 2.14. The molecule has 1 rings (SSSR count). The first-order chi connectivity index (χ1) is 6.35. The third-order valence-electron chi connectivity index (χ3n) is 1.93. The molecular formula is C9H16N2OSi. The summed E-state index contributed by atoms with van der Waals surface area (Å²) in [6.45, 7) is 3.32. The van der Waals surface area contributed by atoms with Crippen molar-refractivity contribution in [1.29, 1.82) is 10.5 Å². The van der Waals surface area contributed by atoms with Crippen LogP contribution in [0.3, 0.4) is 0 Å². The fourth-order valence-electron chi connectivity index (χ4n) is 1.36. The van der Waals surface area contributed by atoms with Gasteiger partial charge >= 0.3 is 0 Å². The molecule has 0 aromatic rings. The summed E-state index contributed by atoms with van der Waals surface area (Å²) < 4.78 is 5.66. The Morgan fingerprint density at radius 2 is 2.00 bits per heavy atom. The maximum atomic E-state index is 7.26. The summed E-state index contributed by atoms with van der Waals surface area (Å²) in [6.07, 6.45) is 4.08. The lowest BCUT2D eigenvalue weighted by atomic mass is 10.4. The normalized spacial score (nSPS) is 20.4. The summed E-state index contributed by atoms with van der Waals surface area (Å²) in [5, 5.41) is 14.5. The molecule has 13 heavy (non-hydrogen) atoms. The topological polar surface area (TPSA) is 56.8 Å². The molecule has 1 saturated heterocycles. The zero-order chi connectivity index (χ0) is 9.94. The SMILES string of the molecule is CCC[SiH]1CCCCO1.N#CC#N. The van der Waals surface area contributed by atoms with Crippen LogP contribution in [0.1, 0.15) is 26.2 Å². The first-order valence-electron chi connectivity index (χ1n) is 4.75. The van der Waals surface area contributed by atoms with Crippen molar-refractivity contribution < 1.29 is 4.43 Å². The van der Waals surface area contributed by atoms with Gasteiger partial charge < -0.3 is 4.43 Å². The van der Waals surface area contributed by atoms with E-state index in [1.807, 2.05) is 0 Å². The molecule has 1 heterocycles. The van der Waals surface area contributed by atoms with Crippen LogP contribution in [0.5, 0.6) is 0 Å². The van der Waals surface area contributed by atoms with Gasteiger partial charge in [-0.1, -0.05) is 19.8 Å². The minimum absolute atomic E-state index is 0.626. The fourth-order valence-corrected chi connectivity index (χ4v) is 3.87. The predicted molar refractivity (Wildman–Crippen MR) is 53.5 cm³/mol. The highest BCUT2D eigenvalue weighted by Gasteiger charge is 2.13. The average Bonchev–Trinajstić information content (AvgIpc) is 2.20. The Bertz CT molecular complexity index is 174. The lowest BCUT2D eigenvalue weighted by molar-refractivity contribution is 0.286. The van der Waals surface area contributed by atoms with Gasteiger partial charge in [0.15, 0.2) is 21.2 Å². The minimum atomic E-state index is -0.626. The zero-order valence-corrected chi connectivity index (χ0v) is 9.28. The molecule has 1 fully saturated rings. The molecular weight excluding hydrogens is 180 g/mol. The van der Waals surface area contributed by atoms with Crippen LogP contribution in [0.2, 0.25) is 12.1 Å².